The predicted octanol–water partition coefficient (Wildman–Crippen LogP) is 4.21. The highest BCUT2D eigenvalue weighted by Crippen LogP contribution is 2.16. The van der Waals surface area contributed by atoms with Crippen LogP contribution in [-0.2, 0) is 4.79 Å². The maximum absolute atomic E-state index is 12.0. The van der Waals surface area contributed by atoms with Gasteiger partial charge in [0.25, 0.3) is 0 Å². The van der Waals surface area contributed by atoms with Crippen LogP contribution >= 0.6 is 15.9 Å². The number of halogens is 1. The summed E-state index contributed by atoms with van der Waals surface area (Å²) < 4.78 is 1.00. The van der Waals surface area contributed by atoms with Crippen molar-refractivity contribution in [3.63, 3.8) is 0 Å². The van der Waals surface area contributed by atoms with Gasteiger partial charge in [0, 0.05) is 10.5 Å². The quantitative estimate of drug-likeness (QED) is 0.836. The molecule has 2 rings (SSSR count). The van der Waals surface area contributed by atoms with Crippen molar-refractivity contribution in [3.05, 3.63) is 75.8 Å². The van der Waals surface area contributed by atoms with Gasteiger partial charge in [-0.1, -0.05) is 46.3 Å². The second-order valence-electron chi connectivity index (χ2n) is 4.81. The lowest BCUT2D eigenvalue weighted by molar-refractivity contribution is -0.117. The number of nitriles is 1. The molecule has 0 heterocycles. The number of carbonyl (C=O) groups excluding carboxylic acids is 1. The summed E-state index contributed by atoms with van der Waals surface area (Å²) >= 11 is 3.38. The molecule has 2 aromatic rings. The average molecular weight is 355 g/mol. The van der Waals surface area contributed by atoms with Crippen molar-refractivity contribution in [1.29, 1.82) is 5.26 Å². The van der Waals surface area contributed by atoms with Gasteiger partial charge in [0.1, 0.15) is 0 Å². The molecule has 1 unspecified atom stereocenters. The lowest BCUT2D eigenvalue weighted by atomic mass is 10.1. The zero-order valence-corrected chi connectivity index (χ0v) is 13.7. The zero-order valence-electron chi connectivity index (χ0n) is 12.1. The normalized spacial score (nSPS) is 11.9. The number of rotatable bonds is 4. The Morgan fingerprint density at radius 1 is 1.23 bits per heavy atom. The van der Waals surface area contributed by atoms with Gasteiger partial charge < -0.3 is 5.32 Å². The molecule has 4 heteroatoms. The third-order valence-electron chi connectivity index (χ3n) is 3.22. The fourth-order valence-corrected chi connectivity index (χ4v) is 2.27. The number of carbonyl (C=O) groups is 1. The van der Waals surface area contributed by atoms with Gasteiger partial charge in [-0.3, -0.25) is 4.79 Å². The maximum atomic E-state index is 12.0. The van der Waals surface area contributed by atoms with Crippen LogP contribution in [0.5, 0.6) is 0 Å². The van der Waals surface area contributed by atoms with Crippen LogP contribution in [0.3, 0.4) is 0 Å². The minimum atomic E-state index is -0.192. The van der Waals surface area contributed by atoms with Crippen LogP contribution in [0.4, 0.5) is 0 Å². The molecule has 2 aromatic carbocycles. The summed E-state index contributed by atoms with van der Waals surface area (Å²) in [6, 6.07) is 17.0. The second kappa shape index (κ2) is 7.58. The number of nitrogens with one attached hydrogen (secondary N) is 1. The van der Waals surface area contributed by atoms with E-state index in [2.05, 4.69) is 27.3 Å². The molecule has 0 fully saturated rings. The summed E-state index contributed by atoms with van der Waals surface area (Å²) in [6.45, 7) is 1.93. The Bertz CT molecular complexity index is 729. The average Bonchev–Trinajstić information content (AvgIpc) is 2.53. The molecule has 0 aliphatic heterocycles. The SMILES string of the molecule is CC(NC(=O)/C=C/c1ccccc1C#N)c1ccc(Br)cc1. The maximum Gasteiger partial charge on any atom is 0.244 e. The van der Waals surface area contributed by atoms with Crippen LogP contribution in [0.2, 0.25) is 0 Å². The summed E-state index contributed by atoms with van der Waals surface area (Å²) in [6.07, 6.45) is 3.10. The third-order valence-corrected chi connectivity index (χ3v) is 3.75. The zero-order chi connectivity index (χ0) is 15.9. The molecule has 1 atom stereocenters. The van der Waals surface area contributed by atoms with Crippen LogP contribution in [0.1, 0.15) is 29.7 Å². The molecule has 0 aromatic heterocycles. The molecular formula is C18H15BrN2O. The van der Waals surface area contributed by atoms with E-state index in [-0.39, 0.29) is 11.9 Å². The van der Waals surface area contributed by atoms with Crippen molar-refractivity contribution in [2.24, 2.45) is 0 Å². The Morgan fingerprint density at radius 2 is 1.91 bits per heavy atom. The van der Waals surface area contributed by atoms with Crippen LogP contribution in [-0.4, -0.2) is 5.91 Å². The smallest absolute Gasteiger partial charge is 0.244 e. The lowest BCUT2D eigenvalue weighted by Crippen LogP contribution is -2.24. The van der Waals surface area contributed by atoms with Gasteiger partial charge in [-0.05, 0) is 42.3 Å². The summed E-state index contributed by atoms with van der Waals surface area (Å²) in [4.78, 5) is 12.0. The van der Waals surface area contributed by atoms with Crippen LogP contribution in [0.25, 0.3) is 6.08 Å². The predicted molar refractivity (Wildman–Crippen MR) is 90.9 cm³/mol. The van der Waals surface area contributed by atoms with Crippen molar-refractivity contribution in [2.75, 3.05) is 0 Å². The highest BCUT2D eigenvalue weighted by molar-refractivity contribution is 9.10. The van der Waals surface area contributed by atoms with Crippen molar-refractivity contribution < 1.29 is 4.79 Å². The van der Waals surface area contributed by atoms with Gasteiger partial charge in [0.15, 0.2) is 0 Å². The summed E-state index contributed by atoms with van der Waals surface area (Å²) in [5, 5.41) is 11.9. The molecular weight excluding hydrogens is 340 g/mol. The van der Waals surface area contributed by atoms with Crippen molar-refractivity contribution >= 4 is 27.9 Å². The molecule has 1 N–H and O–H groups in total. The minimum absolute atomic E-state index is 0.0866. The summed E-state index contributed by atoms with van der Waals surface area (Å²) in [7, 11) is 0. The Labute approximate surface area is 138 Å². The number of nitrogens with zero attached hydrogens (tertiary/aromatic N) is 1. The Kier molecular flexibility index (Phi) is 5.51. The Morgan fingerprint density at radius 3 is 2.59 bits per heavy atom. The summed E-state index contributed by atoms with van der Waals surface area (Å²) in [5.41, 5.74) is 2.31. The van der Waals surface area contributed by atoms with Gasteiger partial charge in [0.2, 0.25) is 5.91 Å². The molecule has 0 saturated carbocycles. The molecule has 0 bridgehead atoms. The largest absolute Gasteiger partial charge is 0.346 e. The minimum Gasteiger partial charge on any atom is -0.346 e. The molecule has 0 saturated heterocycles. The monoisotopic (exact) mass is 354 g/mol. The van der Waals surface area contributed by atoms with Gasteiger partial charge in [-0.2, -0.15) is 5.26 Å². The molecule has 22 heavy (non-hydrogen) atoms. The van der Waals surface area contributed by atoms with E-state index in [0.29, 0.717) is 5.56 Å². The first kappa shape index (κ1) is 16.0. The molecule has 1 amide bonds. The van der Waals surface area contributed by atoms with E-state index in [1.165, 1.54) is 6.08 Å². The van der Waals surface area contributed by atoms with E-state index >= 15 is 0 Å². The molecule has 110 valence electrons. The first-order chi connectivity index (χ1) is 10.6. The first-order valence-corrected chi connectivity index (χ1v) is 7.62. The van der Waals surface area contributed by atoms with Gasteiger partial charge in [-0.15, -0.1) is 0 Å². The van der Waals surface area contributed by atoms with Gasteiger partial charge in [-0.25, -0.2) is 0 Å². The van der Waals surface area contributed by atoms with Crippen molar-refractivity contribution in [3.8, 4) is 6.07 Å². The molecule has 0 spiro atoms. The van der Waals surface area contributed by atoms with Crippen LogP contribution < -0.4 is 5.32 Å². The fourth-order valence-electron chi connectivity index (χ4n) is 2.01. The van der Waals surface area contributed by atoms with Crippen molar-refractivity contribution in [2.45, 2.75) is 13.0 Å². The molecule has 0 radical (unpaired) electrons. The van der Waals surface area contributed by atoms with Crippen molar-refractivity contribution in [1.82, 2.24) is 5.32 Å². The Hall–Kier alpha value is -2.38. The molecule has 0 aliphatic carbocycles. The standard InChI is InChI=1S/C18H15BrN2O/c1-13(14-6-9-17(19)10-7-14)21-18(22)11-8-15-4-2-3-5-16(15)12-20/h2-11,13H,1H3,(H,21,22)/b11-8+. The van der Waals surface area contributed by atoms with E-state index < -0.39 is 0 Å². The first-order valence-electron chi connectivity index (χ1n) is 6.83. The van der Waals surface area contributed by atoms with E-state index in [9.17, 15) is 4.79 Å². The second-order valence-corrected chi connectivity index (χ2v) is 5.73. The topological polar surface area (TPSA) is 52.9 Å². The van der Waals surface area contributed by atoms with E-state index in [0.717, 1.165) is 15.6 Å². The van der Waals surface area contributed by atoms with E-state index in [1.807, 2.05) is 37.3 Å². The number of amides is 1. The number of benzene rings is 2. The molecule has 3 nitrogen and oxygen atoms in total. The van der Waals surface area contributed by atoms with Crippen LogP contribution in [0, 0.1) is 11.3 Å². The highest BCUT2D eigenvalue weighted by atomic mass is 79.9. The van der Waals surface area contributed by atoms with E-state index in [1.54, 1.807) is 24.3 Å². The third kappa shape index (κ3) is 4.31. The van der Waals surface area contributed by atoms with Gasteiger partial charge >= 0.3 is 0 Å². The molecule has 0 aliphatic rings. The van der Waals surface area contributed by atoms with E-state index in [4.69, 9.17) is 5.26 Å². The van der Waals surface area contributed by atoms with Gasteiger partial charge in [0.05, 0.1) is 17.7 Å². The number of hydrogen-bond acceptors (Lipinski definition) is 2. The fraction of sp³-hybridized carbons (Fsp3) is 0.111. The summed E-state index contributed by atoms with van der Waals surface area (Å²) in [5.74, 6) is -0.192. The number of hydrogen-bond donors (Lipinski definition) is 1. The Balaban J connectivity index is 2.02. The lowest BCUT2D eigenvalue weighted by Gasteiger charge is -2.12. The highest BCUT2D eigenvalue weighted by Gasteiger charge is 2.07. The van der Waals surface area contributed by atoms with Crippen LogP contribution in [0.15, 0.2) is 59.1 Å².